The molecule has 2 aliphatic heterocycles. The van der Waals surface area contributed by atoms with E-state index in [4.69, 9.17) is 4.99 Å². The number of allylic oxidation sites excluding steroid dienone is 2. The van der Waals surface area contributed by atoms with Crippen LogP contribution in [0.5, 0.6) is 0 Å². The lowest BCUT2D eigenvalue weighted by molar-refractivity contribution is 0.0911. The highest BCUT2D eigenvalue weighted by atomic mass is 16.1. The van der Waals surface area contributed by atoms with Crippen LogP contribution in [-0.2, 0) is 12.5 Å². The smallest absolute Gasteiger partial charge is 0.251 e. The second-order valence-electron chi connectivity index (χ2n) is 11.1. The first-order chi connectivity index (χ1) is 17.2. The third kappa shape index (κ3) is 5.32. The normalized spacial score (nSPS) is 21.1. The number of aliphatic imine (C=N–C) groups is 1. The zero-order chi connectivity index (χ0) is 25.4. The Bertz CT molecular complexity index is 1220. The average molecular weight is 488 g/mol. The molecule has 36 heavy (non-hydrogen) atoms. The zero-order valence-corrected chi connectivity index (χ0v) is 22.0. The Morgan fingerprint density at radius 1 is 1.17 bits per heavy atom. The Balaban J connectivity index is 1.29. The van der Waals surface area contributed by atoms with Gasteiger partial charge in [-0.05, 0) is 61.3 Å². The fourth-order valence-electron chi connectivity index (χ4n) is 4.69. The minimum absolute atomic E-state index is 0.0143. The van der Waals surface area contributed by atoms with Crippen LogP contribution in [0, 0.1) is 6.92 Å². The molecule has 3 heterocycles. The van der Waals surface area contributed by atoms with E-state index in [1.165, 1.54) is 11.1 Å². The van der Waals surface area contributed by atoms with Gasteiger partial charge in [0.15, 0.2) is 5.82 Å². The molecular weight excluding hydrogens is 450 g/mol. The number of nitrogens with one attached hydrogen (secondary N) is 3. The highest BCUT2D eigenvalue weighted by Crippen LogP contribution is 2.33. The fraction of sp³-hybridized carbons (Fsp3) is 0.464. The van der Waals surface area contributed by atoms with Crippen LogP contribution in [0.25, 0.3) is 0 Å². The van der Waals surface area contributed by atoms with Gasteiger partial charge in [0.05, 0.1) is 11.4 Å². The summed E-state index contributed by atoms with van der Waals surface area (Å²) in [6.07, 6.45) is 6.28. The van der Waals surface area contributed by atoms with Crippen LogP contribution in [0.4, 0.5) is 5.82 Å². The van der Waals surface area contributed by atoms with Gasteiger partial charge in [-0.15, -0.1) is 0 Å². The summed E-state index contributed by atoms with van der Waals surface area (Å²) >= 11 is 0. The van der Waals surface area contributed by atoms with E-state index in [1.807, 2.05) is 36.9 Å². The van der Waals surface area contributed by atoms with Crippen molar-refractivity contribution >= 4 is 17.4 Å². The lowest BCUT2D eigenvalue weighted by Gasteiger charge is -2.38. The zero-order valence-electron chi connectivity index (χ0n) is 22.0. The number of carbonyl (C=O) groups excluding carboxylic acids is 1. The summed E-state index contributed by atoms with van der Waals surface area (Å²) in [4.78, 5) is 20.1. The summed E-state index contributed by atoms with van der Waals surface area (Å²) in [5, 5.41) is 7.77. The number of carbonyl (C=O) groups is 1. The summed E-state index contributed by atoms with van der Waals surface area (Å²) in [6.45, 7) is 10.2. The summed E-state index contributed by atoms with van der Waals surface area (Å²) in [5.41, 5.74) is 13.2. The summed E-state index contributed by atoms with van der Waals surface area (Å²) in [5.74, 6) is 1.67. The summed E-state index contributed by atoms with van der Waals surface area (Å²) < 4.78 is 1.84. The maximum absolute atomic E-state index is 13.0. The Morgan fingerprint density at radius 2 is 1.92 bits per heavy atom. The number of hydrazine groups is 1. The van der Waals surface area contributed by atoms with Crippen molar-refractivity contribution in [2.45, 2.75) is 64.8 Å². The Kier molecular flexibility index (Phi) is 6.36. The van der Waals surface area contributed by atoms with Crippen LogP contribution in [-0.4, -0.2) is 45.4 Å². The van der Waals surface area contributed by atoms with E-state index in [2.05, 4.69) is 65.1 Å². The van der Waals surface area contributed by atoms with Crippen LogP contribution in [0.2, 0.25) is 0 Å². The van der Waals surface area contributed by atoms with Gasteiger partial charge in [0.1, 0.15) is 5.82 Å². The molecule has 1 saturated heterocycles. The van der Waals surface area contributed by atoms with E-state index in [0.717, 1.165) is 61.7 Å². The second-order valence-corrected chi connectivity index (χ2v) is 11.1. The molecular formula is C28H37N7O. The summed E-state index contributed by atoms with van der Waals surface area (Å²) in [7, 11) is 1.93. The van der Waals surface area contributed by atoms with Crippen LogP contribution < -0.4 is 16.2 Å². The first kappa shape index (κ1) is 24.2. The number of hydrogen-bond acceptors (Lipinski definition) is 6. The Morgan fingerprint density at radius 3 is 2.56 bits per heavy atom. The molecule has 1 atom stereocenters. The maximum atomic E-state index is 13.0. The van der Waals surface area contributed by atoms with E-state index in [0.29, 0.717) is 11.4 Å². The van der Waals surface area contributed by atoms with E-state index >= 15 is 0 Å². The molecule has 0 spiro atoms. The van der Waals surface area contributed by atoms with Crippen LogP contribution >= 0.6 is 0 Å². The minimum atomic E-state index is -0.0143. The molecule has 2 fully saturated rings. The van der Waals surface area contributed by atoms with Crippen molar-refractivity contribution in [3.8, 4) is 0 Å². The number of likely N-dealkylation sites (tertiary alicyclic amines) is 1. The molecule has 0 bridgehead atoms. The number of aromatic nitrogens is 2. The molecule has 3 N–H and O–H groups in total. The molecule has 8 heteroatoms. The molecule has 1 amide bonds. The van der Waals surface area contributed by atoms with Crippen molar-refractivity contribution in [3.05, 3.63) is 70.3 Å². The van der Waals surface area contributed by atoms with Gasteiger partial charge < -0.3 is 10.2 Å². The Labute approximate surface area is 213 Å². The molecule has 1 unspecified atom stereocenters. The molecule has 5 rings (SSSR count). The highest BCUT2D eigenvalue weighted by Gasteiger charge is 2.29. The van der Waals surface area contributed by atoms with Crippen molar-refractivity contribution in [2.75, 3.05) is 13.1 Å². The monoisotopic (exact) mass is 487 g/mol. The average Bonchev–Trinajstić information content (AvgIpc) is 3.64. The topological polar surface area (TPSA) is 86.6 Å². The molecule has 1 aliphatic carbocycles. The Hall–Kier alpha value is -3.55. The third-order valence-corrected chi connectivity index (χ3v) is 7.14. The van der Waals surface area contributed by atoms with Crippen molar-refractivity contribution in [3.63, 3.8) is 0 Å². The van der Waals surface area contributed by atoms with E-state index in [9.17, 15) is 4.79 Å². The first-order valence-corrected chi connectivity index (χ1v) is 12.9. The molecule has 1 aromatic heterocycles. The number of piperidine rings is 1. The molecule has 190 valence electrons. The van der Waals surface area contributed by atoms with Gasteiger partial charge in [-0.2, -0.15) is 5.10 Å². The van der Waals surface area contributed by atoms with Gasteiger partial charge in [0, 0.05) is 49.6 Å². The quantitative estimate of drug-likeness (QED) is 0.607. The van der Waals surface area contributed by atoms with Crippen molar-refractivity contribution in [1.82, 2.24) is 30.8 Å². The van der Waals surface area contributed by atoms with Gasteiger partial charge in [0.2, 0.25) is 0 Å². The number of amides is 1. The standard InChI is InChI=1S/C28H37N7O/c1-18-15-24(33-34(18)5)30-23-16-25(31-32-26(23)19-8-9-19)35-14-6-7-22(17-35)29-27(36)20-10-12-21(13-11-20)28(2,3)4/h10-13,15-16,22,31-32H,6-9,14,17H2,1-5H3,(H,29,36). The van der Waals surface area contributed by atoms with E-state index < -0.39 is 0 Å². The van der Waals surface area contributed by atoms with E-state index in [-0.39, 0.29) is 17.4 Å². The number of rotatable bonds is 4. The van der Waals surface area contributed by atoms with Gasteiger partial charge >= 0.3 is 0 Å². The third-order valence-electron chi connectivity index (χ3n) is 7.14. The second kappa shape index (κ2) is 9.48. The summed E-state index contributed by atoms with van der Waals surface area (Å²) in [6, 6.07) is 10.1. The lowest BCUT2D eigenvalue weighted by Crippen LogP contribution is -2.52. The van der Waals surface area contributed by atoms with E-state index in [1.54, 1.807) is 0 Å². The number of hydrogen-bond donors (Lipinski definition) is 3. The molecule has 3 aliphatic rings. The SMILES string of the molecule is Cc1cc(N=C2C=C(N3CCCC(NC(=O)c4ccc(C(C)(C)C)cc4)C3)NNC2=C2CC2)nn1C. The van der Waals surface area contributed by atoms with Crippen molar-refractivity contribution in [2.24, 2.45) is 12.0 Å². The largest absolute Gasteiger partial charge is 0.355 e. The predicted octanol–water partition coefficient (Wildman–Crippen LogP) is 3.99. The van der Waals surface area contributed by atoms with Crippen molar-refractivity contribution in [1.29, 1.82) is 0 Å². The lowest BCUT2D eigenvalue weighted by atomic mass is 9.86. The first-order valence-electron chi connectivity index (χ1n) is 12.9. The van der Waals surface area contributed by atoms with Crippen LogP contribution in [0.1, 0.15) is 68.1 Å². The fourth-order valence-corrected chi connectivity index (χ4v) is 4.69. The minimum Gasteiger partial charge on any atom is -0.355 e. The van der Waals surface area contributed by atoms with Gasteiger partial charge in [-0.25, -0.2) is 4.99 Å². The molecule has 0 radical (unpaired) electrons. The highest BCUT2D eigenvalue weighted by molar-refractivity contribution is 6.10. The van der Waals surface area contributed by atoms with Crippen LogP contribution in [0.3, 0.4) is 0 Å². The molecule has 8 nitrogen and oxygen atoms in total. The van der Waals surface area contributed by atoms with Gasteiger partial charge in [-0.1, -0.05) is 32.9 Å². The van der Waals surface area contributed by atoms with Crippen molar-refractivity contribution < 1.29 is 4.79 Å². The molecule has 1 saturated carbocycles. The number of aryl methyl sites for hydroxylation is 2. The molecule has 1 aromatic carbocycles. The number of benzene rings is 1. The van der Waals surface area contributed by atoms with Gasteiger partial charge in [-0.3, -0.25) is 20.3 Å². The van der Waals surface area contributed by atoms with Gasteiger partial charge in [0.25, 0.3) is 5.91 Å². The number of nitrogens with zero attached hydrogens (tertiary/aromatic N) is 4. The van der Waals surface area contributed by atoms with Crippen LogP contribution in [0.15, 0.2) is 58.5 Å². The molecule has 2 aromatic rings. The predicted molar refractivity (Wildman–Crippen MR) is 143 cm³/mol. The maximum Gasteiger partial charge on any atom is 0.251 e.